The van der Waals surface area contributed by atoms with Gasteiger partial charge in [0, 0.05) is 10.8 Å². The highest BCUT2D eigenvalue weighted by Gasteiger charge is 2.08. The fourth-order valence-electron chi connectivity index (χ4n) is 1.96. The van der Waals surface area contributed by atoms with Gasteiger partial charge in [-0.1, -0.05) is 65.8 Å². The van der Waals surface area contributed by atoms with E-state index in [0.29, 0.717) is 5.02 Å². The molecule has 3 rings (SSSR count). The Morgan fingerprint density at radius 3 is 2.57 bits per heavy atom. The summed E-state index contributed by atoms with van der Waals surface area (Å²) in [6, 6.07) is 17.8. The van der Waals surface area contributed by atoms with Crippen LogP contribution in [0.1, 0.15) is 17.0 Å². The Bertz CT molecular complexity index is 797. The van der Waals surface area contributed by atoms with Crippen molar-refractivity contribution in [2.24, 2.45) is 5.10 Å². The molecule has 0 aliphatic rings. The minimum atomic E-state index is 0.710. The van der Waals surface area contributed by atoms with Crippen LogP contribution in [0.2, 0.25) is 5.02 Å². The van der Waals surface area contributed by atoms with Crippen molar-refractivity contribution in [2.75, 3.05) is 0 Å². The summed E-state index contributed by atoms with van der Waals surface area (Å²) in [7, 11) is 0. The molecule has 0 radical (unpaired) electrons. The Hall–Kier alpha value is -2.11. The van der Waals surface area contributed by atoms with Gasteiger partial charge in [0.05, 0.1) is 6.21 Å². The highest BCUT2D eigenvalue weighted by atomic mass is 35.5. The Kier molecular flexibility index (Phi) is 5.10. The summed E-state index contributed by atoms with van der Waals surface area (Å²) in [5, 5.41) is 14.3. The van der Waals surface area contributed by atoms with E-state index in [-0.39, 0.29) is 0 Å². The number of rotatable bonds is 5. The van der Waals surface area contributed by atoms with E-state index in [1.807, 2.05) is 49.4 Å². The normalized spacial score (nSPS) is 11.2. The van der Waals surface area contributed by atoms with E-state index in [2.05, 4.69) is 27.4 Å². The number of aromatic nitrogens is 3. The van der Waals surface area contributed by atoms with Crippen LogP contribution < -0.4 is 0 Å². The van der Waals surface area contributed by atoms with E-state index < -0.39 is 0 Å². The lowest BCUT2D eigenvalue weighted by Gasteiger charge is -2.02. The zero-order chi connectivity index (χ0) is 16.1. The van der Waals surface area contributed by atoms with Gasteiger partial charge >= 0.3 is 0 Å². The molecule has 0 bridgehead atoms. The first-order valence-corrected chi connectivity index (χ1v) is 8.47. The Balaban J connectivity index is 1.74. The third kappa shape index (κ3) is 4.21. The Morgan fingerprint density at radius 1 is 1.09 bits per heavy atom. The molecule has 0 N–H and O–H groups in total. The zero-order valence-electron chi connectivity index (χ0n) is 12.6. The molecule has 0 unspecified atom stereocenters. The molecule has 0 saturated heterocycles. The van der Waals surface area contributed by atoms with Crippen molar-refractivity contribution in [3.05, 3.63) is 76.6 Å². The average molecular weight is 343 g/mol. The molecule has 3 aromatic rings. The predicted molar refractivity (Wildman–Crippen MR) is 95.2 cm³/mol. The molecule has 0 saturated carbocycles. The lowest BCUT2D eigenvalue weighted by atomic mass is 10.2. The smallest absolute Gasteiger partial charge is 0.192 e. The van der Waals surface area contributed by atoms with Crippen LogP contribution in [0, 0.1) is 6.92 Å². The van der Waals surface area contributed by atoms with Crippen molar-refractivity contribution in [1.29, 1.82) is 0 Å². The van der Waals surface area contributed by atoms with E-state index in [0.717, 1.165) is 22.3 Å². The van der Waals surface area contributed by atoms with Gasteiger partial charge in [-0.15, -0.1) is 10.2 Å². The van der Waals surface area contributed by atoms with Crippen LogP contribution in [0.25, 0.3) is 0 Å². The molecule has 0 aliphatic carbocycles. The SMILES string of the molecule is Cc1nnc(SCc2ccccc2)n1/N=C/c1ccc(Cl)cc1. The molecule has 0 amide bonds. The predicted octanol–water partition coefficient (Wildman–Crippen LogP) is 4.41. The average Bonchev–Trinajstić information content (AvgIpc) is 2.93. The fraction of sp³-hybridized carbons (Fsp3) is 0.118. The van der Waals surface area contributed by atoms with Crippen molar-refractivity contribution in [1.82, 2.24) is 14.9 Å². The number of hydrogen-bond acceptors (Lipinski definition) is 4. The first-order chi connectivity index (χ1) is 11.2. The first kappa shape index (κ1) is 15.8. The van der Waals surface area contributed by atoms with Crippen LogP contribution in [0.3, 0.4) is 0 Å². The third-order valence-corrected chi connectivity index (χ3v) is 4.41. The first-order valence-electron chi connectivity index (χ1n) is 7.11. The topological polar surface area (TPSA) is 43.1 Å². The van der Waals surface area contributed by atoms with Gasteiger partial charge in [0.2, 0.25) is 5.16 Å². The summed E-state index contributed by atoms with van der Waals surface area (Å²) >= 11 is 7.50. The monoisotopic (exact) mass is 342 g/mol. The third-order valence-electron chi connectivity index (χ3n) is 3.17. The molecule has 116 valence electrons. The second-order valence-corrected chi connectivity index (χ2v) is 6.29. The molecule has 1 aromatic heterocycles. The molecule has 23 heavy (non-hydrogen) atoms. The van der Waals surface area contributed by atoms with E-state index in [9.17, 15) is 0 Å². The van der Waals surface area contributed by atoms with E-state index in [1.165, 1.54) is 5.56 Å². The quantitative estimate of drug-likeness (QED) is 0.509. The van der Waals surface area contributed by atoms with Gasteiger partial charge in [-0.2, -0.15) is 9.78 Å². The summed E-state index contributed by atoms with van der Waals surface area (Å²) in [6.45, 7) is 1.89. The summed E-state index contributed by atoms with van der Waals surface area (Å²) in [6.07, 6.45) is 1.78. The summed E-state index contributed by atoms with van der Waals surface area (Å²) in [5.74, 6) is 1.58. The molecule has 0 fully saturated rings. The number of benzene rings is 2. The second kappa shape index (κ2) is 7.44. The van der Waals surface area contributed by atoms with Crippen molar-refractivity contribution in [3.63, 3.8) is 0 Å². The van der Waals surface area contributed by atoms with E-state index >= 15 is 0 Å². The molecule has 0 spiro atoms. The van der Waals surface area contributed by atoms with Gasteiger partial charge in [-0.25, -0.2) is 0 Å². The fourth-order valence-corrected chi connectivity index (χ4v) is 2.97. The highest BCUT2D eigenvalue weighted by molar-refractivity contribution is 7.98. The second-order valence-electron chi connectivity index (χ2n) is 4.91. The number of nitrogens with zero attached hydrogens (tertiary/aromatic N) is 4. The molecule has 6 heteroatoms. The lowest BCUT2D eigenvalue weighted by Crippen LogP contribution is -1.96. The zero-order valence-corrected chi connectivity index (χ0v) is 14.1. The van der Waals surface area contributed by atoms with Gasteiger partial charge in [-0.3, -0.25) is 0 Å². The minimum absolute atomic E-state index is 0.710. The largest absolute Gasteiger partial charge is 0.212 e. The number of hydrogen-bond donors (Lipinski definition) is 0. The van der Waals surface area contributed by atoms with Crippen LogP contribution in [0.15, 0.2) is 64.9 Å². The van der Waals surface area contributed by atoms with Gasteiger partial charge in [0.1, 0.15) is 0 Å². The van der Waals surface area contributed by atoms with Crippen molar-refractivity contribution >= 4 is 29.6 Å². The van der Waals surface area contributed by atoms with Gasteiger partial charge in [0.15, 0.2) is 5.82 Å². The standard InChI is InChI=1S/C17H15ClN4S/c1-13-20-21-17(23-12-15-5-3-2-4-6-15)22(13)19-11-14-7-9-16(18)10-8-14/h2-11H,12H2,1H3/b19-11+. The maximum atomic E-state index is 5.89. The molecular weight excluding hydrogens is 328 g/mol. The van der Waals surface area contributed by atoms with Gasteiger partial charge in [-0.05, 0) is 30.2 Å². The molecule has 1 heterocycles. The summed E-state index contributed by atoms with van der Waals surface area (Å²) < 4.78 is 1.75. The van der Waals surface area contributed by atoms with Crippen LogP contribution in [-0.2, 0) is 5.75 Å². The molecule has 0 aliphatic heterocycles. The Morgan fingerprint density at radius 2 is 1.83 bits per heavy atom. The molecule has 2 aromatic carbocycles. The highest BCUT2D eigenvalue weighted by Crippen LogP contribution is 2.21. The number of aryl methyl sites for hydroxylation is 1. The maximum absolute atomic E-state index is 5.89. The van der Waals surface area contributed by atoms with Crippen molar-refractivity contribution in [2.45, 2.75) is 17.8 Å². The number of thioether (sulfide) groups is 1. The van der Waals surface area contributed by atoms with Crippen LogP contribution in [0.4, 0.5) is 0 Å². The summed E-state index contributed by atoms with van der Waals surface area (Å²) in [4.78, 5) is 0. The summed E-state index contributed by atoms with van der Waals surface area (Å²) in [5.41, 5.74) is 2.22. The Labute approximate surface area is 144 Å². The van der Waals surface area contributed by atoms with Crippen LogP contribution in [0.5, 0.6) is 0 Å². The molecule has 0 atom stereocenters. The van der Waals surface area contributed by atoms with Gasteiger partial charge in [0.25, 0.3) is 0 Å². The van der Waals surface area contributed by atoms with E-state index in [1.54, 1.807) is 22.7 Å². The molecule has 4 nitrogen and oxygen atoms in total. The van der Waals surface area contributed by atoms with Crippen LogP contribution >= 0.6 is 23.4 Å². The maximum Gasteiger partial charge on any atom is 0.212 e. The van der Waals surface area contributed by atoms with Crippen LogP contribution in [-0.4, -0.2) is 21.1 Å². The van der Waals surface area contributed by atoms with Crippen molar-refractivity contribution in [3.8, 4) is 0 Å². The minimum Gasteiger partial charge on any atom is -0.192 e. The van der Waals surface area contributed by atoms with E-state index in [4.69, 9.17) is 11.6 Å². The van der Waals surface area contributed by atoms with Crippen molar-refractivity contribution < 1.29 is 0 Å². The number of halogens is 1. The lowest BCUT2D eigenvalue weighted by molar-refractivity contribution is 0.744. The molecular formula is C17H15ClN4S. The van der Waals surface area contributed by atoms with Gasteiger partial charge < -0.3 is 0 Å².